The van der Waals surface area contributed by atoms with Crippen molar-refractivity contribution in [2.45, 2.75) is 13.8 Å². The summed E-state index contributed by atoms with van der Waals surface area (Å²) >= 11 is 0. The zero-order valence-corrected chi connectivity index (χ0v) is 9.44. The van der Waals surface area contributed by atoms with Crippen molar-refractivity contribution < 1.29 is 13.2 Å². The van der Waals surface area contributed by atoms with Crippen LogP contribution in [-0.2, 0) is 0 Å². The lowest BCUT2D eigenvalue weighted by atomic mass is 9.98. The van der Waals surface area contributed by atoms with E-state index in [0.717, 1.165) is 12.1 Å². The van der Waals surface area contributed by atoms with Crippen LogP contribution in [0.1, 0.15) is 11.1 Å². The lowest BCUT2D eigenvalue weighted by Gasteiger charge is -2.09. The molecule has 2 aromatic carbocycles. The highest BCUT2D eigenvalue weighted by Gasteiger charge is 2.14. The Balaban J connectivity index is 2.72. The third kappa shape index (κ3) is 2.18. The summed E-state index contributed by atoms with van der Waals surface area (Å²) in [5.74, 6) is -1.95. The summed E-state index contributed by atoms with van der Waals surface area (Å²) in [6.07, 6.45) is 0. The maximum Gasteiger partial charge on any atom is 0.134 e. The van der Waals surface area contributed by atoms with Gasteiger partial charge in [0.15, 0.2) is 0 Å². The largest absolute Gasteiger partial charge is 0.207 e. The second-order valence-corrected chi connectivity index (χ2v) is 3.96. The van der Waals surface area contributed by atoms with E-state index in [9.17, 15) is 13.2 Å². The first-order valence-corrected chi connectivity index (χ1v) is 5.13. The van der Waals surface area contributed by atoms with Gasteiger partial charge < -0.3 is 0 Å². The van der Waals surface area contributed by atoms with Gasteiger partial charge in [-0.25, -0.2) is 13.2 Å². The summed E-state index contributed by atoms with van der Waals surface area (Å²) in [5.41, 5.74) is 0.985. The van der Waals surface area contributed by atoms with Gasteiger partial charge in [0.1, 0.15) is 17.5 Å². The van der Waals surface area contributed by atoms with Gasteiger partial charge in [-0.15, -0.1) is 0 Å². The SMILES string of the molecule is Cc1cc(F)c(-c2cc(F)c[c]c2C)c(F)c1. The predicted octanol–water partition coefficient (Wildman–Crippen LogP) is 4.19. The van der Waals surface area contributed by atoms with Crippen LogP contribution in [-0.4, -0.2) is 0 Å². The van der Waals surface area contributed by atoms with Gasteiger partial charge in [-0.1, -0.05) is 0 Å². The highest BCUT2D eigenvalue weighted by molar-refractivity contribution is 5.68. The van der Waals surface area contributed by atoms with Crippen LogP contribution in [0.4, 0.5) is 13.2 Å². The van der Waals surface area contributed by atoms with Crippen LogP contribution in [0.3, 0.4) is 0 Å². The lowest BCUT2D eigenvalue weighted by molar-refractivity contribution is 0.586. The van der Waals surface area contributed by atoms with E-state index in [1.807, 2.05) is 0 Å². The highest BCUT2D eigenvalue weighted by Crippen LogP contribution is 2.30. The standard InChI is InChI=1S/C14H10F3/c1-8-5-12(16)14(13(17)6-8)11-7-10(15)4-3-9(11)2/h4-7H,1-2H3. The van der Waals surface area contributed by atoms with Crippen LogP contribution in [0.2, 0.25) is 0 Å². The molecule has 0 bridgehead atoms. The van der Waals surface area contributed by atoms with Crippen molar-refractivity contribution in [3.05, 3.63) is 58.9 Å². The second-order valence-electron chi connectivity index (χ2n) is 3.96. The Labute approximate surface area is 97.7 Å². The van der Waals surface area contributed by atoms with Crippen LogP contribution >= 0.6 is 0 Å². The van der Waals surface area contributed by atoms with E-state index in [-0.39, 0.29) is 11.1 Å². The quantitative estimate of drug-likeness (QED) is 0.695. The van der Waals surface area contributed by atoms with E-state index < -0.39 is 17.5 Å². The average Bonchev–Trinajstić information content (AvgIpc) is 2.21. The molecule has 2 aromatic rings. The van der Waals surface area contributed by atoms with Crippen LogP contribution < -0.4 is 0 Å². The molecule has 0 aromatic heterocycles. The van der Waals surface area contributed by atoms with Crippen LogP contribution in [0.25, 0.3) is 11.1 Å². The Kier molecular flexibility index (Phi) is 2.92. The second kappa shape index (κ2) is 4.24. The summed E-state index contributed by atoms with van der Waals surface area (Å²) in [6, 6.07) is 7.33. The zero-order chi connectivity index (χ0) is 12.6. The normalized spacial score (nSPS) is 10.6. The first kappa shape index (κ1) is 11.7. The number of hydrogen-bond acceptors (Lipinski definition) is 0. The minimum atomic E-state index is -0.690. The van der Waals surface area contributed by atoms with Crippen LogP contribution in [0.15, 0.2) is 24.3 Å². The van der Waals surface area contributed by atoms with Gasteiger partial charge in [-0.05, 0) is 60.9 Å². The molecule has 3 heteroatoms. The van der Waals surface area contributed by atoms with E-state index in [0.29, 0.717) is 11.1 Å². The summed E-state index contributed by atoms with van der Waals surface area (Å²) in [7, 11) is 0. The number of benzene rings is 2. The minimum Gasteiger partial charge on any atom is -0.207 e. The van der Waals surface area contributed by atoms with Crippen molar-refractivity contribution in [1.82, 2.24) is 0 Å². The Hall–Kier alpha value is -1.77. The fourth-order valence-electron chi connectivity index (χ4n) is 1.76. The summed E-state index contributed by atoms with van der Waals surface area (Å²) in [4.78, 5) is 0. The lowest BCUT2D eigenvalue weighted by Crippen LogP contribution is -1.95. The van der Waals surface area contributed by atoms with Gasteiger partial charge in [0, 0.05) is 0 Å². The molecular formula is C14H10F3. The third-order valence-electron chi connectivity index (χ3n) is 2.57. The number of rotatable bonds is 1. The first-order valence-electron chi connectivity index (χ1n) is 5.13. The highest BCUT2D eigenvalue weighted by atomic mass is 19.1. The molecule has 0 saturated carbocycles. The molecule has 0 atom stereocenters. The zero-order valence-electron chi connectivity index (χ0n) is 9.44. The molecular weight excluding hydrogens is 225 g/mol. The molecule has 17 heavy (non-hydrogen) atoms. The molecule has 0 N–H and O–H groups in total. The molecule has 0 aliphatic heterocycles. The molecule has 2 rings (SSSR count). The van der Waals surface area contributed by atoms with E-state index >= 15 is 0 Å². The summed E-state index contributed by atoms with van der Waals surface area (Å²) < 4.78 is 40.6. The van der Waals surface area contributed by atoms with Gasteiger partial charge in [-0.3, -0.25) is 0 Å². The topological polar surface area (TPSA) is 0 Å². The van der Waals surface area contributed by atoms with Crippen LogP contribution in [0.5, 0.6) is 0 Å². The smallest absolute Gasteiger partial charge is 0.134 e. The Bertz CT molecular complexity index is 551. The monoisotopic (exact) mass is 235 g/mol. The van der Waals surface area contributed by atoms with Crippen molar-refractivity contribution in [3.8, 4) is 11.1 Å². The van der Waals surface area contributed by atoms with Crippen LogP contribution in [0, 0.1) is 37.4 Å². The van der Waals surface area contributed by atoms with Crippen molar-refractivity contribution in [3.63, 3.8) is 0 Å². The molecule has 0 amide bonds. The molecule has 1 radical (unpaired) electrons. The van der Waals surface area contributed by atoms with Gasteiger partial charge in [0.05, 0.1) is 5.56 Å². The van der Waals surface area contributed by atoms with E-state index in [1.54, 1.807) is 13.8 Å². The Morgan fingerprint density at radius 1 is 0.941 bits per heavy atom. The Morgan fingerprint density at radius 2 is 1.53 bits per heavy atom. The first-order chi connectivity index (χ1) is 7.99. The van der Waals surface area contributed by atoms with Gasteiger partial charge in [-0.2, -0.15) is 0 Å². The number of aryl methyl sites for hydroxylation is 2. The summed E-state index contributed by atoms with van der Waals surface area (Å²) in [5, 5.41) is 0. The predicted molar refractivity (Wildman–Crippen MR) is 60.1 cm³/mol. The van der Waals surface area contributed by atoms with Gasteiger partial charge in [0.25, 0.3) is 0 Å². The fourth-order valence-corrected chi connectivity index (χ4v) is 1.76. The van der Waals surface area contributed by atoms with Gasteiger partial charge >= 0.3 is 0 Å². The molecule has 0 aliphatic rings. The maximum absolute atomic E-state index is 13.7. The molecule has 0 nitrogen and oxygen atoms in total. The Morgan fingerprint density at radius 3 is 2.12 bits per heavy atom. The van der Waals surface area contributed by atoms with E-state index in [1.165, 1.54) is 12.1 Å². The number of hydrogen-bond donors (Lipinski definition) is 0. The average molecular weight is 235 g/mol. The molecule has 87 valence electrons. The molecule has 0 unspecified atom stereocenters. The molecule has 0 aliphatic carbocycles. The van der Waals surface area contributed by atoms with Crippen molar-refractivity contribution in [2.24, 2.45) is 0 Å². The fraction of sp³-hybridized carbons (Fsp3) is 0.143. The van der Waals surface area contributed by atoms with Crippen molar-refractivity contribution in [2.75, 3.05) is 0 Å². The minimum absolute atomic E-state index is 0.194. The number of halogens is 3. The van der Waals surface area contributed by atoms with Gasteiger partial charge in [0.2, 0.25) is 0 Å². The third-order valence-corrected chi connectivity index (χ3v) is 2.57. The van der Waals surface area contributed by atoms with Crippen molar-refractivity contribution >= 4 is 0 Å². The molecule has 0 heterocycles. The van der Waals surface area contributed by atoms with Crippen molar-refractivity contribution in [1.29, 1.82) is 0 Å². The van der Waals surface area contributed by atoms with E-state index in [4.69, 9.17) is 0 Å². The molecule has 0 spiro atoms. The maximum atomic E-state index is 13.7. The molecule has 0 saturated heterocycles. The summed E-state index contributed by atoms with van der Waals surface area (Å²) in [6.45, 7) is 3.23. The van der Waals surface area contributed by atoms with E-state index in [2.05, 4.69) is 6.07 Å². The molecule has 0 fully saturated rings.